The summed E-state index contributed by atoms with van der Waals surface area (Å²) in [6, 6.07) is 6.41. The van der Waals surface area contributed by atoms with Crippen LogP contribution in [0.3, 0.4) is 0 Å². The van der Waals surface area contributed by atoms with Crippen LogP contribution in [-0.4, -0.2) is 49.3 Å². The summed E-state index contributed by atoms with van der Waals surface area (Å²) in [6.45, 7) is 1.62. The SMILES string of the molecule is CN(C)CCc1c[nH]c2ccc(CC3CNC(=O)O3)cc12.Cl. The molecule has 5 nitrogen and oxygen atoms in total. The molecule has 0 spiro atoms. The number of aromatic amines is 1. The second kappa shape index (κ2) is 7.03. The number of hydrogen-bond donors (Lipinski definition) is 2. The molecule has 1 aliphatic heterocycles. The number of carbonyl (C=O) groups excluding carboxylic acids is 1. The van der Waals surface area contributed by atoms with Gasteiger partial charge < -0.3 is 19.9 Å². The van der Waals surface area contributed by atoms with E-state index < -0.39 is 0 Å². The number of nitrogens with one attached hydrogen (secondary N) is 2. The third-order valence-corrected chi connectivity index (χ3v) is 3.87. The summed E-state index contributed by atoms with van der Waals surface area (Å²) in [7, 11) is 4.17. The Balaban J connectivity index is 0.00000176. The number of alkyl carbamates (subject to hydrolysis) is 1. The molecule has 0 radical (unpaired) electrons. The molecule has 120 valence electrons. The van der Waals surface area contributed by atoms with Gasteiger partial charge in [-0.15, -0.1) is 12.4 Å². The summed E-state index contributed by atoms with van der Waals surface area (Å²) < 4.78 is 5.20. The van der Waals surface area contributed by atoms with Gasteiger partial charge in [-0.05, 0) is 43.8 Å². The first kappa shape index (κ1) is 16.6. The van der Waals surface area contributed by atoms with Crippen molar-refractivity contribution < 1.29 is 9.53 Å². The Hall–Kier alpha value is -1.72. The van der Waals surface area contributed by atoms with E-state index in [2.05, 4.69) is 53.7 Å². The van der Waals surface area contributed by atoms with Crippen molar-refractivity contribution in [2.45, 2.75) is 18.9 Å². The summed E-state index contributed by atoms with van der Waals surface area (Å²) in [5, 5.41) is 3.96. The zero-order chi connectivity index (χ0) is 14.8. The average Bonchev–Trinajstić information content (AvgIpc) is 3.03. The Morgan fingerprint density at radius 1 is 1.36 bits per heavy atom. The second-order valence-corrected chi connectivity index (χ2v) is 5.86. The van der Waals surface area contributed by atoms with Crippen molar-refractivity contribution in [3.8, 4) is 0 Å². The third kappa shape index (κ3) is 3.72. The number of fused-ring (bicyclic) bond motifs is 1. The smallest absolute Gasteiger partial charge is 0.407 e. The molecule has 0 bridgehead atoms. The number of carbonyl (C=O) groups is 1. The molecule has 0 saturated carbocycles. The van der Waals surface area contributed by atoms with E-state index in [-0.39, 0.29) is 24.6 Å². The molecular weight excluding hydrogens is 302 g/mol. The van der Waals surface area contributed by atoms with E-state index >= 15 is 0 Å². The third-order valence-electron chi connectivity index (χ3n) is 3.87. The maximum absolute atomic E-state index is 11.1. The van der Waals surface area contributed by atoms with Gasteiger partial charge in [0.2, 0.25) is 0 Å². The Morgan fingerprint density at radius 2 is 2.18 bits per heavy atom. The summed E-state index contributed by atoms with van der Waals surface area (Å²) in [4.78, 5) is 16.6. The number of nitrogens with zero attached hydrogens (tertiary/aromatic N) is 1. The minimum absolute atomic E-state index is 0. The minimum atomic E-state index is -0.311. The Labute approximate surface area is 136 Å². The van der Waals surface area contributed by atoms with Gasteiger partial charge in [0.15, 0.2) is 0 Å². The topological polar surface area (TPSA) is 57.4 Å². The van der Waals surface area contributed by atoms with Gasteiger partial charge in [-0.3, -0.25) is 0 Å². The summed E-state index contributed by atoms with van der Waals surface area (Å²) >= 11 is 0. The van der Waals surface area contributed by atoms with Crippen molar-refractivity contribution in [1.82, 2.24) is 15.2 Å². The van der Waals surface area contributed by atoms with Crippen molar-refractivity contribution >= 4 is 29.4 Å². The highest BCUT2D eigenvalue weighted by molar-refractivity contribution is 5.85. The molecule has 22 heavy (non-hydrogen) atoms. The van der Waals surface area contributed by atoms with E-state index in [9.17, 15) is 4.79 Å². The molecule has 1 aliphatic rings. The molecule has 0 aliphatic carbocycles. The largest absolute Gasteiger partial charge is 0.444 e. The number of rotatable bonds is 5. The van der Waals surface area contributed by atoms with Crippen LogP contribution >= 0.6 is 12.4 Å². The first-order valence-electron chi connectivity index (χ1n) is 7.30. The number of hydrogen-bond acceptors (Lipinski definition) is 3. The minimum Gasteiger partial charge on any atom is -0.444 e. The van der Waals surface area contributed by atoms with Crippen LogP contribution in [0.5, 0.6) is 0 Å². The van der Waals surface area contributed by atoms with Crippen LogP contribution in [0, 0.1) is 0 Å². The fourth-order valence-electron chi connectivity index (χ4n) is 2.71. The zero-order valence-electron chi connectivity index (χ0n) is 12.9. The van der Waals surface area contributed by atoms with E-state index in [0.717, 1.165) is 24.9 Å². The van der Waals surface area contributed by atoms with E-state index in [0.29, 0.717) is 6.54 Å². The Morgan fingerprint density at radius 3 is 2.86 bits per heavy atom. The number of cyclic esters (lactones) is 1. The molecule has 1 saturated heterocycles. The van der Waals surface area contributed by atoms with E-state index in [1.54, 1.807) is 0 Å². The van der Waals surface area contributed by atoms with Crippen LogP contribution in [0.15, 0.2) is 24.4 Å². The number of likely N-dealkylation sites (N-methyl/N-ethyl adjacent to an activating group) is 1. The molecule has 1 unspecified atom stereocenters. The van der Waals surface area contributed by atoms with Crippen molar-refractivity contribution in [3.05, 3.63) is 35.5 Å². The predicted molar refractivity (Wildman–Crippen MR) is 89.8 cm³/mol. The monoisotopic (exact) mass is 323 g/mol. The molecule has 1 aromatic heterocycles. The van der Waals surface area contributed by atoms with Gasteiger partial charge in [-0.1, -0.05) is 6.07 Å². The van der Waals surface area contributed by atoms with Crippen molar-refractivity contribution in [1.29, 1.82) is 0 Å². The van der Waals surface area contributed by atoms with Crippen LogP contribution < -0.4 is 5.32 Å². The van der Waals surface area contributed by atoms with Crippen LogP contribution in [0.1, 0.15) is 11.1 Å². The predicted octanol–water partition coefficient (Wildman–Crippen LogP) is 2.34. The number of amides is 1. The molecule has 1 atom stereocenters. The number of halogens is 1. The highest BCUT2D eigenvalue weighted by Gasteiger charge is 2.22. The number of benzene rings is 1. The lowest BCUT2D eigenvalue weighted by Crippen LogP contribution is -2.16. The molecule has 2 N–H and O–H groups in total. The zero-order valence-corrected chi connectivity index (χ0v) is 13.7. The maximum atomic E-state index is 11.1. The van der Waals surface area contributed by atoms with Crippen molar-refractivity contribution in [2.75, 3.05) is 27.2 Å². The van der Waals surface area contributed by atoms with Crippen LogP contribution in [0.25, 0.3) is 10.9 Å². The summed E-state index contributed by atoms with van der Waals surface area (Å²) in [5.41, 5.74) is 3.70. The first-order chi connectivity index (χ1) is 10.1. The molecule has 1 amide bonds. The lowest BCUT2D eigenvalue weighted by molar-refractivity contribution is 0.140. The van der Waals surface area contributed by atoms with E-state index in [1.165, 1.54) is 16.5 Å². The van der Waals surface area contributed by atoms with Gasteiger partial charge >= 0.3 is 6.09 Å². The van der Waals surface area contributed by atoms with E-state index in [4.69, 9.17) is 4.74 Å². The Bertz CT molecular complexity index is 654. The molecular formula is C16H22ClN3O2. The lowest BCUT2D eigenvalue weighted by atomic mass is 10.0. The standard InChI is InChI=1S/C16H21N3O2.ClH/c1-19(2)6-5-12-9-17-15-4-3-11(8-14(12)15)7-13-10-18-16(20)21-13;/h3-4,8-9,13,17H,5-7,10H2,1-2H3,(H,18,20);1H. The highest BCUT2D eigenvalue weighted by Crippen LogP contribution is 2.22. The van der Waals surface area contributed by atoms with Crippen LogP contribution in [0.4, 0.5) is 4.79 Å². The fraction of sp³-hybridized carbons (Fsp3) is 0.438. The lowest BCUT2D eigenvalue weighted by Gasteiger charge is -2.10. The summed E-state index contributed by atoms with van der Waals surface area (Å²) in [5.74, 6) is 0. The normalized spacial score (nSPS) is 17.4. The van der Waals surface area contributed by atoms with Crippen molar-refractivity contribution in [3.63, 3.8) is 0 Å². The Kier molecular flexibility index (Phi) is 5.32. The molecule has 3 rings (SSSR count). The van der Waals surface area contributed by atoms with E-state index in [1.807, 2.05) is 0 Å². The second-order valence-electron chi connectivity index (χ2n) is 5.86. The molecule has 1 fully saturated rings. The van der Waals surface area contributed by atoms with Gasteiger partial charge in [0, 0.05) is 30.1 Å². The maximum Gasteiger partial charge on any atom is 0.407 e. The molecule has 2 heterocycles. The van der Waals surface area contributed by atoms with Crippen LogP contribution in [0.2, 0.25) is 0 Å². The fourth-order valence-corrected chi connectivity index (χ4v) is 2.71. The summed E-state index contributed by atoms with van der Waals surface area (Å²) in [6.07, 6.45) is 3.51. The highest BCUT2D eigenvalue weighted by atomic mass is 35.5. The van der Waals surface area contributed by atoms with Gasteiger partial charge in [-0.2, -0.15) is 0 Å². The first-order valence-corrected chi connectivity index (χ1v) is 7.30. The average molecular weight is 324 g/mol. The number of ether oxygens (including phenoxy) is 1. The van der Waals surface area contributed by atoms with Crippen LogP contribution in [-0.2, 0) is 17.6 Å². The molecule has 2 aromatic rings. The molecule has 1 aromatic carbocycles. The van der Waals surface area contributed by atoms with Gasteiger partial charge in [0.25, 0.3) is 0 Å². The van der Waals surface area contributed by atoms with Gasteiger partial charge in [-0.25, -0.2) is 4.79 Å². The number of aromatic nitrogens is 1. The van der Waals surface area contributed by atoms with Gasteiger partial charge in [0.05, 0.1) is 6.54 Å². The quantitative estimate of drug-likeness (QED) is 0.888. The molecule has 6 heteroatoms. The number of H-pyrrole nitrogens is 1. The van der Waals surface area contributed by atoms with Gasteiger partial charge in [0.1, 0.15) is 6.10 Å². The van der Waals surface area contributed by atoms with Crippen molar-refractivity contribution in [2.24, 2.45) is 0 Å².